The summed E-state index contributed by atoms with van der Waals surface area (Å²) in [5, 5.41) is 9.29. The molecular weight excluding hydrogens is 574 g/mol. The highest BCUT2D eigenvalue weighted by atomic mass is 16.3. The van der Waals surface area contributed by atoms with Gasteiger partial charge in [-0.1, -0.05) is 103 Å². The molecule has 3 heteroatoms. The molecule has 0 spiro atoms. The largest absolute Gasteiger partial charge is 0.456 e. The van der Waals surface area contributed by atoms with Gasteiger partial charge in [0.25, 0.3) is 0 Å². The molecule has 0 fully saturated rings. The fourth-order valence-electron chi connectivity index (χ4n) is 7.30. The Labute approximate surface area is 270 Å². The van der Waals surface area contributed by atoms with Crippen LogP contribution in [0.25, 0.3) is 76.5 Å². The van der Waals surface area contributed by atoms with Crippen molar-refractivity contribution < 1.29 is 8.83 Å². The van der Waals surface area contributed by atoms with Crippen molar-refractivity contribution in [3.8, 4) is 11.1 Å². The molecule has 0 saturated carbocycles. The minimum absolute atomic E-state index is 0.889. The van der Waals surface area contributed by atoms with Crippen LogP contribution >= 0.6 is 0 Å². The standard InChI is InChI=1S/C44H27NO2/c1-2-11-30(12-3-1)45(39-17-7-4-13-32(39)34-16-10-20-42-44(34)35-15-6-9-19-41(35)46-42)31-24-23-28-21-22-29-25-43-38(27-37(29)36(28)26-31)33-14-5-8-18-40(33)47-43/h1-27H. The van der Waals surface area contributed by atoms with Gasteiger partial charge in [0, 0.05) is 38.5 Å². The van der Waals surface area contributed by atoms with E-state index in [9.17, 15) is 0 Å². The van der Waals surface area contributed by atoms with E-state index in [0.717, 1.165) is 77.5 Å². The molecule has 8 aromatic carbocycles. The van der Waals surface area contributed by atoms with Gasteiger partial charge in [0.05, 0.1) is 5.69 Å². The molecule has 10 rings (SSSR count). The number of para-hydroxylation sites is 4. The molecule has 0 aliphatic carbocycles. The Morgan fingerprint density at radius 3 is 1.87 bits per heavy atom. The van der Waals surface area contributed by atoms with Crippen LogP contribution in [0.2, 0.25) is 0 Å². The number of nitrogens with zero attached hydrogens (tertiary/aromatic N) is 1. The molecule has 0 aliphatic heterocycles. The molecule has 0 saturated heterocycles. The second kappa shape index (κ2) is 10.1. The Kier molecular flexibility index (Phi) is 5.57. The van der Waals surface area contributed by atoms with Crippen LogP contribution in [-0.2, 0) is 0 Å². The van der Waals surface area contributed by atoms with Crippen LogP contribution in [0.4, 0.5) is 17.1 Å². The summed E-state index contributed by atoms with van der Waals surface area (Å²) in [5.74, 6) is 0. The number of hydrogen-bond donors (Lipinski definition) is 0. The molecule has 0 radical (unpaired) electrons. The fraction of sp³-hybridized carbons (Fsp3) is 0. The first-order valence-corrected chi connectivity index (χ1v) is 15.9. The highest BCUT2D eigenvalue weighted by Crippen LogP contribution is 2.45. The minimum atomic E-state index is 0.889. The summed E-state index contributed by atoms with van der Waals surface area (Å²) in [6.07, 6.45) is 0. The van der Waals surface area contributed by atoms with Crippen LogP contribution in [0.3, 0.4) is 0 Å². The Balaban J connectivity index is 1.24. The molecule has 0 bridgehead atoms. The van der Waals surface area contributed by atoms with Gasteiger partial charge >= 0.3 is 0 Å². The number of furan rings is 2. The molecule has 220 valence electrons. The number of hydrogen-bond acceptors (Lipinski definition) is 3. The first kappa shape index (κ1) is 26.0. The maximum absolute atomic E-state index is 6.30. The summed E-state index contributed by atoms with van der Waals surface area (Å²) in [7, 11) is 0. The van der Waals surface area contributed by atoms with E-state index in [2.05, 4.69) is 144 Å². The smallest absolute Gasteiger partial charge is 0.136 e. The molecule has 47 heavy (non-hydrogen) atoms. The highest BCUT2D eigenvalue weighted by molar-refractivity contribution is 6.17. The zero-order valence-corrected chi connectivity index (χ0v) is 25.4. The van der Waals surface area contributed by atoms with Crippen LogP contribution < -0.4 is 4.90 Å². The van der Waals surface area contributed by atoms with Crippen LogP contribution in [0, 0.1) is 0 Å². The summed E-state index contributed by atoms with van der Waals surface area (Å²) in [6, 6.07) is 58.0. The summed E-state index contributed by atoms with van der Waals surface area (Å²) in [5.41, 5.74) is 9.16. The average molecular weight is 602 g/mol. The second-order valence-electron chi connectivity index (χ2n) is 12.1. The number of benzene rings is 8. The van der Waals surface area contributed by atoms with Crippen LogP contribution in [0.15, 0.2) is 173 Å². The lowest BCUT2D eigenvalue weighted by molar-refractivity contribution is 0.669. The van der Waals surface area contributed by atoms with E-state index in [4.69, 9.17) is 8.83 Å². The molecule has 0 aliphatic rings. The van der Waals surface area contributed by atoms with Crippen molar-refractivity contribution in [1.82, 2.24) is 0 Å². The maximum atomic E-state index is 6.30. The monoisotopic (exact) mass is 601 g/mol. The van der Waals surface area contributed by atoms with Crippen molar-refractivity contribution in [2.45, 2.75) is 0 Å². The molecule has 10 aromatic rings. The van der Waals surface area contributed by atoms with Gasteiger partial charge in [-0.3, -0.25) is 0 Å². The Morgan fingerprint density at radius 2 is 0.979 bits per heavy atom. The molecular formula is C44H27NO2. The van der Waals surface area contributed by atoms with Gasteiger partial charge in [0.1, 0.15) is 22.3 Å². The van der Waals surface area contributed by atoms with Gasteiger partial charge in [-0.2, -0.15) is 0 Å². The predicted octanol–water partition coefficient (Wildman–Crippen LogP) is 12.9. The number of fused-ring (bicyclic) bond motifs is 9. The molecule has 2 heterocycles. The third-order valence-electron chi connectivity index (χ3n) is 9.43. The summed E-state index contributed by atoms with van der Waals surface area (Å²) in [4.78, 5) is 2.38. The molecule has 2 aromatic heterocycles. The lowest BCUT2D eigenvalue weighted by Crippen LogP contribution is -2.11. The van der Waals surface area contributed by atoms with Crippen LogP contribution in [-0.4, -0.2) is 0 Å². The molecule has 0 N–H and O–H groups in total. The van der Waals surface area contributed by atoms with E-state index >= 15 is 0 Å². The SMILES string of the molecule is c1ccc(N(c2ccc3ccc4cc5oc6ccccc6c5cc4c3c2)c2ccccc2-c2cccc3oc4ccccc4c23)cc1. The molecule has 0 amide bonds. The van der Waals surface area contributed by atoms with Crippen molar-refractivity contribution in [3.63, 3.8) is 0 Å². The maximum Gasteiger partial charge on any atom is 0.136 e. The minimum Gasteiger partial charge on any atom is -0.456 e. The van der Waals surface area contributed by atoms with E-state index in [-0.39, 0.29) is 0 Å². The van der Waals surface area contributed by atoms with E-state index in [1.807, 2.05) is 24.3 Å². The first-order valence-electron chi connectivity index (χ1n) is 15.9. The quantitative estimate of drug-likeness (QED) is 0.188. The van der Waals surface area contributed by atoms with Crippen LogP contribution in [0.1, 0.15) is 0 Å². The van der Waals surface area contributed by atoms with Crippen molar-refractivity contribution >= 4 is 82.5 Å². The van der Waals surface area contributed by atoms with Crippen molar-refractivity contribution in [3.05, 3.63) is 164 Å². The number of rotatable bonds is 4. The molecule has 3 nitrogen and oxygen atoms in total. The number of anilines is 3. The van der Waals surface area contributed by atoms with Gasteiger partial charge in [-0.15, -0.1) is 0 Å². The van der Waals surface area contributed by atoms with E-state index in [1.54, 1.807) is 0 Å². The summed E-state index contributed by atoms with van der Waals surface area (Å²) in [6.45, 7) is 0. The van der Waals surface area contributed by atoms with E-state index < -0.39 is 0 Å². The van der Waals surface area contributed by atoms with Gasteiger partial charge in [-0.25, -0.2) is 0 Å². The van der Waals surface area contributed by atoms with Gasteiger partial charge in [0.2, 0.25) is 0 Å². The zero-order chi connectivity index (χ0) is 30.9. The topological polar surface area (TPSA) is 29.5 Å². The van der Waals surface area contributed by atoms with Gasteiger partial charge < -0.3 is 13.7 Å². The zero-order valence-electron chi connectivity index (χ0n) is 25.4. The van der Waals surface area contributed by atoms with Crippen molar-refractivity contribution in [2.75, 3.05) is 4.90 Å². The lowest BCUT2D eigenvalue weighted by atomic mass is 9.96. The van der Waals surface area contributed by atoms with E-state index in [1.165, 1.54) is 16.2 Å². The van der Waals surface area contributed by atoms with Crippen molar-refractivity contribution in [1.29, 1.82) is 0 Å². The Morgan fingerprint density at radius 1 is 0.340 bits per heavy atom. The third-order valence-corrected chi connectivity index (χ3v) is 9.43. The van der Waals surface area contributed by atoms with E-state index in [0.29, 0.717) is 0 Å². The predicted molar refractivity (Wildman–Crippen MR) is 196 cm³/mol. The first-order chi connectivity index (χ1) is 23.3. The van der Waals surface area contributed by atoms with Crippen molar-refractivity contribution in [2.24, 2.45) is 0 Å². The molecule has 0 atom stereocenters. The Hall–Kier alpha value is -6.32. The second-order valence-corrected chi connectivity index (χ2v) is 12.1. The summed E-state index contributed by atoms with van der Waals surface area (Å²) >= 11 is 0. The summed E-state index contributed by atoms with van der Waals surface area (Å²) < 4.78 is 12.5. The molecule has 0 unspecified atom stereocenters. The fourth-order valence-corrected chi connectivity index (χ4v) is 7.30. The highest BCUT2D eigenvalue weighted by Gasteiger charge is 2.21. The third kappa shape index (κ3) is 4.00. The lowest BCUT2D eigenvalue weighted by Gasteiger charge is -2.28. The normalized spacial score (nSPS) is 11.8. The van der Waals surface area contributed by atoms with Crippen LogP contribution in [0.5, 0.6) is 0 Å². The van der Waals surface area contributed by atoms with Gasteiger partial charge in [0.15, 0.2) is 0 Å². The average Bonchev–Trinajstić information content (AvgIpc) is 3.69. The Bertz CT molecular complexity index is 2810. The van der Waals surface area contributed by atoms with Gasteiger partial charge in [-0.05, 0) is 87.8 Å².